The topological polar surface area (TPSA) is 122 Å². The van der Waals surface area contributed by atoms with Crippen molar-refractivity contribution in [3.63, 3.8) is 0 Å². The van der Waals surface area contributed by atoms with Gasteiger partial charge in [0.15, 0.2) is 0 Å². The van der Waals surface area contributed by atoms with Crippen molar-refractivity contribution < 1.29 is 30.0 Å². The Kier molecular flexibility index (Phi) is 7.73. The standard InChI is InChI=1S/C17H32N2O6S/c1-5-9-6-10(19(3)7-9)16(24)18-11(8(2)20)15-13(22)12(21)14(23)17(25-15)26-4/h8-15,17,20-23H,5-7H2,1-4H3,(H,18,24)/t8-,9-,10+,11-,12+,13-,14-,15-,17-/m1/s1. The van der Waals surface area contributed by atoms with E-state index in [4.69, 9.17) is 4.74 Å². The van der Waals surface area contributed by atoms with Crippen molar-refractivity contribution in [1.29, 1.82) is 0 Å². The zero-order valence-corrected chi connectivity index (χ0v) is 16.6. The molecule has 2 rings (SSSR count). The van der Waals surface area contributed by atoms with Crippen LogP contribution in [0.3, 0.4) is 0 Å². The van der Waals surface area contributed by atoms with Gasteiger partial charge < -0.3 is 30.5 Å². The number of nitrogens with one attached hydrogen (secondary N) is 1. The smallest absolute Gasteiger partial charge is 0.237 e. The lowest BCUT2D eigenvalue weighted by Gasteiger charge is -2.44. The Hall–Kier alpha value is -0.420. The molecule has 2 fully saturated rings. The van der Waals surface area contributed by atoms with Crippen LogP contribution in [0.25, 0.3) is 0 Å². The normalized spacial score (nSPS) is 41.0. The first-order valence-electron chi connectivity index (χ1n) is 9.12. The molecular weight excluding hydrogens is 360 g/mol. The van der Waals surface area contributed by atoms with Crippen LogP contribution in [0.5, 0.6) is 0 Å². The number of nitrogens with zero attached hydrogens (tertiary/aromatic N) is 1. The minimum Gasteiger partial charge on any atom is -0.391 e. The van der Waals surface area contributed by atoms with Crippen LogP contribution in [0, 0.1) is 5.92 Å². The summed E-state index contributed by atoms with van der Waals surface area (Å²) < 4.78 is 5.70. The molecule has 0 saturated carbocycles. The summed E-state index contributed by atoms with van der Waals surface area (Å²) in [5, 5.41) is 43.4. The van der Waals surface area contributed by atoms with Gasteiger partial charge in [-0.15, -0.1) is 11.8 Å². The molecular formula is C17H32N2O6S. The van der Waals surface area contributed by atoms with Gasteiger partial charge in [0.2, 0.25) is 5.91 Å². The number of hydrogen-bond acceptors (Lipinski definition) is 8. The maximum atomic E-state index is 12.8. The van der Waals surface area contributed by atoms with E-state index in [1.165, 1.54) is 18.7 Å². The quantitative estimate of drug-likeness (QED) is 0.380. The predicted octanol–water partition coefficient (Wildman–Crippen LogP) is -1.25. The van der Waals surface area contributed by atoms with Crippen LogP contribution in [-0.2, 0) is 9.53 Å². The Morgan fingerprint density at radius 3 is 2.46 bits per heavy atom. The average Bonchev–Trinajstić information content (AvgIpc) is 2.99. The predicted molar refractivity (Wildman–Crippen MR) is 98.6 cm³/mol. The number of amides is 1. The fourth-order valence-electron chi connectivity index (χ4n) is 3.81. The molecule has 2 aliphatic rings. The molecule has 0 aromatic heterocycles. The summed E-state index contributed by atoms with van der Waals surface area (Å²) >= 11 is 1.19. The first-order valence-corrected chi connectivity index (χ1v) is 10.4. The van der Waals surface area contributed by atoms with Crippen molar-refractivity contribution in [2.45, 2.75) is 74.7 Å². The van der Waals surface area contributed by atoms with Crippen LogP contribution in [0.1, 0.15) is 26.7 Å². The van der Waals surface area contributed by atoms with E-state index in [-0.39, 0.29) is 11.9 Å². The molecule has 2 saturated heterocycles. The molecule has 0 aliphatic carbocycles. The number of hydrogen-bond donors (Lipinski definition) is 5. The molecule has 2 aliphatic heterocycles. The number of carbonyl (C=O) groups is 1. The summed E-state index contributed by atoms with van der Waals surface area (Å²) in [6.07, 6.45) is -2.65. The van der Waals surface area contributed by atoms with E-state index in [1.54, 1.807) is 6.26 Å². The molecule has 152 valence electrons. The van der Waals surface area contributed by atoms with Gasteiger partial charge in [0.25, 0.3) is 0 Å². The van der Waals surface area contributed by atoms with Gasteiger partial charge in [0.05, 0.1) is 18.2 Å². The molecule has 9 atom stereocenters. The summed E-state index contributed by atoms with van der Waals surface area (Å²) in [5.74, 6) is 0.224. The van der Waals surface area contributed by atoms with Crippen molar-refractivity contribution >= 4 is 17.7 Å². The van der Waals surface area contributed by atoms with E-state index in [2.05, 4.69) is 12.2 Å². The van der Waals surface area contributed by atoms with E-state index in [1.807, 2.05) is 11.9 Å². The van der Waals surface area contributed by atoms with E-state index in [0.29, 0.717) is 5.92 Å². The minimum absolute atomic E-state index is 0.230. The highest BCUT2D eigenvalue weighted by molar-refractivity contribution is 7.99. The molecule has 9 heteroatoms. The second kappa shape index (κ2) is 9.18. The second-order valence-corrected chi connectivity index (χ2v) is 8.35. The molecule has 8 nitrogen and oxygen atoms in total. The van der Waals surface area contributed by atoms with Gasteiger partial charge in [-0.1, -0.05) is 13.3 Å². The van der Waals surface area contributed by atoms with Crippen molar-refractivity contribution in [2.75, 3.05) is 19.8 Å². The first kappa shape index (κ1) is 21.9. The van der Waals surface area contributed by atoms with E-state index in [0.717, 1.165) is 19.4 Å². The number of aliphatic hydroxyl groups excluding tert-OH is 4. The number of likely N-dealkylation sites (tertiary alicyclic amines) is 1. The Bertz CT molecular complexity index is 480. The molecule has 0 unspecified atom stereocenters. The highest BCUT2D eigenvalue weighted by atomic mass is 32.2. The molecule has 0 aromatic rings. The van der Waals surface area contributed by atoms with Gasteiger partial charge in [-0.25, -0.2) is 0 Å². The third-order valence-electron chi connectivity index (χ3n) is 5.54. The van der Waals surface area contributed by atoms with Crippen LogP contribution in [0.15, 0.2) is 0 Å². The van der Waals surface area contributed by atoms with Gasteiger partial charge in [0.1, 0.15) is 29.9 Å². The van der Waals surface area contributed by atoms with Gasteiger partial charge in [-0.05, 0) is 32.6 Å². The average molecular weight is 393 g/mol. The van der Waals surface area contributed by atoms with Gasteiger partial charge >= 0.3 is 0 Å². The maximum absolute atomic E-state index is 12.8. The highest BCUT2D eigenvalue weighted by Crippen LogP contribution is 2.30. The van der Waals surface area contributed by atoms with Crippen LogP contribution in [0.4, 0.5) is 0 Å². The molecule has 0 bridgehead atoms. The van der Waals surface area contributed by atoms with E-state index in [9.17, 15) is 25.2 Å². The summed E-state index contributed by atoms with van der Waals surface area (Å²) in [6, 6.07) is -1.20. The summed E-state index contributed by atoms with van der Waals surface area (Å²) in [7, 11) is 1.90. The van der Waals surface area contributed by atoms with Gasteiger partial charge in [-0.3, -0.25) is 9.69 Å². The number of carbonyl (C=O) groups excluding carboxylic acids is 1. The Morgan fingerprint density at radius 1 is 1.31 bits per heavy atom. The molecule has 5 N–H and O–H groups in total. The number of rotatable bonds is 6. The van der Waals surface area contributed by atoms with Crippen molar-refractivity contribution in [1.82, 2.24) is 10.2 Å². The van der Waals surface area contributed by atoms with Gasteiger partial charge in [0, 0.05) is 6.54 Å². The lowest BCUT2D eigenvalue weighted by Crippen LogP contribution is -2.65. The SMILES string of the molecule is CC[C@@H]1C[C@@H](C(=O)N[C@@H]([C@H]2O[C@H](SC)[C@H](O)[C@@H](O)[C@H]2O)[C@@H](C)O)N(C)C1. The Labute approximate surface area is 158 Å². The Balaban J connectivity index is 2.11. The fourth-order valence-corrected chi connectivity index (χ4v) is 4.49. The largest absolute Gasteiger partial charge is 0.391 e. The number of ether oxygens (including phenoxy) is 1. The van der Waals surface area contributed by atoms with Crippen molar-refractivity contribution in [2.24, 2.45) is 5.92 Å². The Morgan fingerprint density at radius 2 is 1.96 bits per heavy atom. The second-order valence-electron chi connectivity index (χ2n) is 7.42. The van der Waals surface area contributed by atoms with Gasteiger partial charge in [-0.2, -0.15) is 0 Å². The summed E-state index contributed by atoms with van der Waals surface area (Å²) in [4.78, 5) is 14.8. The molecule has 2 heterocycles. The fraction of sp³-hybridized carbons (Fsp3) is 0.941. The molecule has 0 aromatic carbocycles. The molecule has 1 amide bonds. The van der Waals surface area contributed by atoms with E-state index < -0.39 is 42.0 Å². The number of likely N-dealkylation sites (N-methyl/N-ethyl adjacent to an activating group) is 1. The molecule has 26 heavy (non-hydrogen) atoms. The third kappa shape index (κ3) is 4.52. The lowest BCUT2D eigenvalue weighted by molar-refractivity contribution is -0.211. The van der Waals surface area contributed by atoms with Crippen LogP contribution >= 0.6 is 11.8 Å². The zero-order valence-electron chi connectivity index (χ0n) is 15.8. The van der Waals surface area contributed by atoms with Crippen LogP contribution in [-0.4, -0.2) is 99.1 Å². The number of aliphatic hydroxyl groups is 4. The van der Waals surface area contributed by atoms with Crippen molar-refractivity contribution in [3.05, 3.63) is 0 Å². The monoisotopic (exact) mass is 392 g/mol. The maximum Gasteiger partial charge on any atom is 0.237 e. The highest BCUT2D eigenvalue weighted by Gasteiger charge is 2.48. The van der Waals surface area contributed by atoms with E-state index >= 15 is 0 Å². The minimum atomic E-state index is -1.42. The summed E-state index contributed by atoms with van der Waals surface area (Å²) in [6.45, 7) is 4.44. The lowest BCUT2D eigenvalue weighted by atomic mass is 9.92. The first-order chi connectivity index (χ1) is 12.2. The summed E-state index contributed by atoms with van der Waals surface area (Å²) in [5.41, 5.74) is -0.754. The van der Waals surface area contributed by atoms with Crippen LogP contribution in [0.2, 0.25) is 0 Å². The van der Waals surface area contributed by atoms with Crippen molar-refractivity contribution in [3.8, 4) is 0 Å². The molecule has 0 radical (unpaired) electrons. The van der Waals surface area contributed by atoms with Crippen LogP contribution < -0.4 is 5.32 Å². The third-order valence-corrected chi connectivity index (χ3v) is 6.39. The zero-order chi connectivity index (χ0) is 19.6. The number of thioether (sulfide) groups is 1. The molecule has 0 spiro atoms.